The molecule has 1 saturated heterocycles. The number of hydrazone groups is 1. The summed E-state index contributed by atoms with van der Waals surface area (Å²) in [6.45, 7) is -0.399. The zero-order chi connectivity index (χ0) is 20.0. The van der Waals surface area contributed by atoms with Crippen molar-refractivity contribution in [1.82, 2.24) is 5.01 Å². The Kier molecular flexibility index (Phi) is 4.35. The third kappa shape index (κ3) is 2.73. The van der Waals surface area contributed by atoms with Gasteiger partial charge in [0.25, 0.3) is 11.8 Å². The second-order valence-electron chi connectivity index (χ2n) is 6.79. The molecule has 3 aliphatic rings. The largest absolute Gasteiger partial charge is 0.470 e. The molecule has 9 nitrogen and oxygen atoms in total. The molecule has 1 aliphatic heterocycles. The van der Waals surface area contributed by atoms with Crippen LogP contribution in [0.2, 0.25) is 5.02 Å². The molecule has 2 fully saturated rings. The molecule has 0 radical (unpaired) electrons. The highest BCUT2D eigenvalue weighted by molar-refractivity contribution is 6.32. The lowest BCUT2D eigenvalue weighted by atomic mass is 9.85. The van der Waals surface area contributed by atoms with E-state index >= 15 is 0 Å². The lowest BCUT2D eigenvalue weighted by Crippen LogP contribution is -2.28. The van der Waals surface area contributed by atoms with Crippen molar-refractivity contribution in [3.63, 3.8) is 0 Å². The zero-order valence-corrected chi connectivity index (χ0v) is 15.1. The number of hydrogen-bond acceptors (Lipinski definition) is 7. The summed E-state index contributed by atoms with van der Waals surface area (Å²) in [5.74, 6) is -1.54. The van der Waals surface area contributed by atoms with E-state index in [1.54, 1.807) is 6.07 Å². The lowest BCUT2D eigenvalue weighted by molar-refractivity contribution is -0.385. The van der Waals surface area contributed by atoms with Crippen LogP contribution in [0.25, 0.3) is 0 Å². The van der Waals surface area contributed by atoms with E-state index in [9.17, 15) is 19.7 Å². The molecule has 1 heterocycles. The molecule has 2 aliphatic carbocycles. The summed E-state index contributed by atoms with van der Waals surface area (Å²) in [6, 6.07) is 4.21. The van der Waals surface area contributed by atoms with Gasteiger partial charge in [-0.15, -0.1) is 0 Å². The van der Waals surface area contributed by atoms with E-state index in [1.807, 2.05) is 12.2 Å². The van der Waals surface area contributed by atoms with Gasteiger partial charge >= 0.3 is 5.69 Å². The first-order valence-electron chi connectivity index (χ1n) is 8.50. The van der Waals surface area contributed by atoms with Crippen LogP contribution < -0.4 is 4.74 Å². The molecular formula is C18H13ClN4O5. The van der Waals surface area contributed by atoms with Crippen LogP contribution in [0.1, 0.15) is 12.0 Å². The summed E-state index contributed by atoms with van der Waals surface area (Å²) in [5, 5.41) is 24.6. The Morgan fingerprint density at radius 2 is 1.96 bits per heavy atom. The molecule has 4 rings (SSSR count). The van der Waals surface area contributed by atoms with Gasteiger partial charge in [0.1, 0.15) is 6.07 Å². The van der Waals surface area contributed by atoms with Crippen LogP contribution in [0.15, 0.2) is 29.4 Å². The van der Waals surface area contributed by atoms with Crippen molar-refractivity contribution in [2.75, 3.05) is 6.61 Å². The summed E-state index contributed by atoms with van der Waals surface area (Å²) < 4.78 is 5.02. The van der Waals surface area contributed by atoms with E-state index in [0.717, 1.165) is 17.5 Å². The summed E-state index contributed by atoms with van der Waals surface area (Å²) in [7, 11) is 0. The smallest absolute Gasteiger partial charge is 0.313 e. The molecule has 28 heavy (non-hydrogen) atoms. The normalized spacial score (nSPS) is 27.5. The Labute approximate surface area is 164 Å². The highest BCUT2D eigenvalue weighted by Gasteiger charge is 2.59. The van der Waals surface area contributed by atoms with Gasteiger partial charge in [-0.1, -0.05) is 23.8 Å². The number of nitrogens with zero attached hydrogens (tertiary/aromatic N) is 4. The maximum Gasteiger partial charge on any atom is 0.313 e. The number of benzene rings is 1. The molecule has 4 atom stereocenters. The summed E-state index contributed by atoms with van der Waals surface area (Å²) >= 11 is 6.04. The maximum absolute atomic E-state index is 12.6. The highest BCUT2D eigenvalue weighted by Crippen LogP contribution is 2.52. The molecule has 2 bridgehead atoms. The average molecular weight is 401 g/mol. The third-order valence-electron chi connectivity index (χ3n) is 5.29. The Morgan fingerprint density at radius 1 is 1.32 bits per heavy atom. The fourth-order valence-corrected chi connectivity index (χ4v) is 4.46. The quantitative estimate of drug-likeness (QED) is 0.245. The van der Waals surface area contributed by atoms with Crippen molar-refractivity contribution < 1.29 is 19.2 Å². The van der Waals surface area contributed by atoms with Crippen LogP contribution in [0.4, 0.5) is 5.69 Å². The van der Waals surface area contributed by atoms with Crippen molar-refractivity contribution in [2.24, 2.45) is 28.8 Å². The van der Waals surface area contributed by atoms with Crippen LogP contribution in [0, 0.1) is 45.1 Å². The maximum atomic E-state index is 12.6. The van der Waals surface area contributed by atoms with Crippen molar-refractivity contribution in [2.45, 2.75) is 6.42 Å². The molecule has 0 N–H and O–H groups in total. The minimum absolute atomic E-state index is 0.0683. The van der Waals surface area contributed by atoms with E-state index in [1.165, 1.54) is 12.3 Å². The number of ether oxygens (including phenoxy) is 1. The van der Waals surface area contributed by atoms with E-state index in [2.05, 4.69) is 5.10 Å². The first-order chi connectivity index (χ1) is 13.4. The third-order valence-corrected chi connectivity index (χ3v) is 5.57. The fourth-order valence-electron chi connectivity index (χ4n) is 4.18. The van der Waals surface area contributed by atoms with E-state index in [-0.39, 0.29) is 51.8 Å². The average Bonchev–Trinajstić information content (AvgIpc) is 3.33. The number of hydrogen-bond donors (Lipinski definition) is 0. The molecule has 0 unspecified atom stereocenters. The number of nitriles is 1. The fraction of sp³-hybridized carbons (Fsp3) is 0.333. The number of amides is 2. The van der Waals surface area contributed by atoms with Gasteiger partial charge in [0.15, 0.2) is 6.61 Å². The molecule has 2 amide bonds. The number of halogens is 1. The Hall–Kier alpha value is -3.25. The molecule has 0 aromatic heterocycles. The van der Waals surface area contributed by atoms with Crippen LogP contribution in [-0.4, -0.2) is 34.6 Å². The number of carbonyl (C=O) groups is 2. The molecule has 1 aromatic carbocycles. The Bertz CT molecular complexity index is 968. The molecule has 1 saturated carbocycles. The molecule has 10 heteroatoms. The summed E-state index contributed by atoms with van der Waals surface area (Å²) in [4.78, 5) is 35.8. The van der Waals surface area contributed by atoms with Gasteiger partial charge in [-0.3, -0.25) is 19.7 Å². The minimum Gasteiger partial charge on any atom is -0.470 e. The standard InChI is InChI=1S/C18H13ClN4O5/c19-12-5-9(6-13(23(26)27)16(12)28-4-3-20)8-21-22-17(24)14-10-1-2-11(7-10)15(14)18(22)25/h1-2,5-6,8,10-11,14-15H,4,7H2/t10-,11-,14-,15+/m0/s1. The van der Waals surface area contributed by atoms with Crippen LogP contribution in [-0.2, 0) is 9.59 Å². The Balaban J connectivity index is 1.60. The van der Waals surface area contributed by atoms with Crippen LogP contribution in [0.5, 0.6) is 5.75 Å². The predicted octanol–water partition coefficient (Wildman–Crippen LogP) is 2.29. The van der Waals surface area contributed by atoms with Gasteiger partial charge in [0.2, 0.25) is 5.75 Å². The Morgan fingerprint density at radius 3 is 2.54 bits per heavy atom. The first kappa shape index (κ1) is 18.1. The van der Waals surface area contributed by atoms with Crippen molar-refractivity contribution in [1.29, 1.82) is 5.26 Å². The molecule has 142 valence electrons. The van der Waals surface area contributed by atoms with Gasteiger partial charge < -0.3 is 4.74 Å². The first-order valence-corrected chi connectivity index (χ1v) is 8.88. The number of carbonyl (C=O) groups excluding carboxylic acids is 2. The second-order valence-corrected chi connectivity index (χ2v) is 7.19. The molecular weight excluding hydrogens is 388 g/mol. The SMILES string of the molecule is N#CCOc1c(Cl)cc(C=NN2C(=O)[C@@H]3[C@H](C2=O)[C@H]2C=C[C@H]3C2)cc1[N+](=O)[O-]. The van der Waals surface area contributed by atoms with Crippen LogP contribution in [0.3, 0.4) is 0 Å². The lowest BCUT2D eigenvalue weighted by Gasteiger charge is -2.13. The van der Waals surface area contributed by atoms with Gasteiger partial charge in [-0.05, 0) is 24.3 Å². The van der Waals surface area contributed by atoms with Gasteiger partial charge in [-0.2, -0.15) is 15.4 Å². The minimum atomic E-state index is -0.699. The van der Waals surface area contributed by atoms with Gasteiger partial charge in [0.05, 0.1) is 28.0 Å². The van der Waals surface area contributed by atoms with E-state index in [4.69, 9.17) is 21.6 Å². The predicted molar refractivity (Wildman–Crippen MR) is 96.4 cm³/mol. The van der Waals surface area contributed by atoms with E-state index < -0.39 is 17.2 Å². The highest BCUT2D eigenvalue weighted by atomic mass is 35.5. The number of rotatable bonds is 5. The number of nitro benzene ring substituents is 1. The summed E-state index contributed by atoms with van der Waals surface area (Å²) in [5.41, 5.74) is -0.220. The number of imide groups is 1. The molecule has 0 spiro atoms. The van der Waals surface area contributed by atoms with Crippen molar-refractivity contribution in [3.05, 3.63) is 45.0 Å². The summed E-state index contributed by atoms with van der Waals surface area (Å²) in [6.07, 6.45) is 5.95. The number of nitro groups is 1. The zero-order valence-electron chi connectivity index (χ0n) is 14.3. The number of fused-ring (bicyclic) bond motifs is 5. The van der Waals surface area contributed by atoms with Crippen molar-refractivity contribution >= 4 is 35.3 Å². The van der Waals surface area contributed by atoms with Crippen LogP contribution >= 0.6 is 11.6 Å². The van der Waals surface area contributed by atoms with Crippen molar-refractivity contribution in [3.8, 4) is 11.8 Å². The number of allylic oxidation sites excluding steroid dienone is 2. The van der Waals surface area contributed by atoms with Gasteiger partial charge in [0, 0.05) is 11.6 Å². The van der Waals surface area contributed by atoms with Gasteiger partial charge in [-0.25, -0.2) is 0 Å². The monoisotopic (exact) mass is 400 g/mol. The topological polar surface area (TPSA) is 126 Å². The molecule has 1 aromatic rings. The second kappa shape index (κ2) is 6.73. The van der Waals surface area contributed by atoms with E-state index in [0.29, 0.717) is 0 Å².